The van der Waals surface area contributed by atoms with Crippen molar-refractivity contribution in [3.05, 3.63) is 95.0 Å². The summed E-state index contributed by atoms with van der Waals surface area (Å²) in [6.07, 6.45) is 5.21. The van der Waals surface area contributed by atoms with Crippen molar-refractivity contribution in [3.8, 4) is 22.9 Å². The first-order chi connectivity index (χ1) is 19.0. The molecule has 3 heterocycles. The zero-order valence-electron chi connectivity index (χ0n) is 20.6. The number of anilines is 1. The highest BCUT2D eigenvalue weighted by Gasteiger charge is 2.24. The van der Waals surface area contributed by atoms with E-state index in [4.69, 9.17) is 16.3 Å². The number of pyridine rings is 1. The van der Waals surface area contributed by atoms with Gasteiger partial charge in [-0.1, -0.05) is 48.0 Å². The number of nitrogens with one attached hydrogen (secondary N) is 3. The van der Waals surface area contributed by atoms with Gasteiger partial charge in [0.2, 0.25) is 11.8 Å². The molecule has 2 aromatic heterocycles. The van der Waals surface area contributed by atoms with Crippen LogP contribution in [0, 0.1) is 5.82 Å². The first kappa shape index (κ1) is 27.1. The average Bonchev–Trinajstić information content (AvgIpc) is 2.96. The number of hydrogen-bond donors (Lipinski definition) is 3. The monoisotopic (exact) mass is 567 g/mol. The maximum absolute atomic E-state index is 15.9. The second-order valence-electron chi connectivity index (χ2n) is 8.89. The number of halogens is 2. The van der Waals surface area contributed by atoms with Gasteiger partial charge < -0.3 is 19.9 Å². The zero-order chi connectivity index (χ0) is 27.2. The molecule has 0 bridgehead atoms. The molecule has 12 heteroatoms. The third-order valence-corrected chi connectivity index (χ3v) is 6.99. The van der Waals surface area contributed by atoms with Crippen molar-refractivity contribution in [1.29, 1.82) is 0 Å². The van der Waals surface area contributed by atoms with Crippen molar-refractivity contribution < 1.29 is 17.9 Å². The molecule has 1 fully saturated rings. The zero-order valence-corrected chi connectivity index (χ0v) is 22.2. The van der Waals surface area contributed by atoms with E-state index in [9.17, 15) is 8.76 Å². The Morgan fingerprint density at radius 1 is 1.10 bits per heavy atom. The molecule has 9 nitrogen and oxygen atoms in total. The molecule has 1 unspecified atom stereocenters. The summed E-state index contributed by atoms with van der Waals surface area (Å²) >= 11 is 3.70. The van der Waals surface area contributed by atoms with E-state index in [2.05, 4.69) is 30.3 Å². The van der Waals surface area contributed by atoms with Gasteiger partial charge >= 0.3 is 0 Å². The van der Waals surface area contributed by atoms with Crippen molar-refractivity contribution in [2.75, 3.05) is 18.4 Å². The Bertz CT molecular complexity index is 1460. The van der Waals surface area contributed by atoms with Gasteiger partial charge in [-0.25, -0.2) is 24.1 Å². The normalized spacial score (nSPS) is 16.8. The van der Waals surface area contributed by atoms with E-state index in [0.717, 1.165) is 25.9 Å². The van der Waals surface area contributed by atoms with Crippen molar-refractivity contribution in [3.63, 3.8) is 0 Å². The SMILES string of the molecule is O=S([O-])N[C@@H](c1ccccc1)c1ccc(Cl)c(Oc2ncccc2-c2ccnc(N[C@H]3CCCNC3)n2)c1F. The number of nitrogens with zero attached hydrogens (tertiary/aromatic N) is 3. The summed E-state index contributed by atoms with van der Waals surface area (Å²) in [7, 11) is 0. The molecule has 39 heavy (non-hydrogen) atoms. The van der Waals surface area contributed by atoms with Crippen molar-refractivity contribution in [2.24, 2.45) is 0 Å². The quantitative estimate of drug-likeness (QED) is 0.247. The lowest BCUT2D eigenvalue weighted by molar-refractivity contribution is 0.423. The Kier molecular flexibility index (Phi) is 8.74. The maximum atomic E-state index is 15.9. The highest BCUT2D eigenvalue weighted by molar-refractivity contribution is 7.77. The summed E-state index contributed by atoms with van der Waals surface area (Å²) in [4.78, 5) is 13.3. The van der Waals surface area contributed by atoms with E-state index in [1.807, 2.05) is 0 Å². The van der Waals surface area contributed by atoms with Gasteiger partial charge in [-0.2, -0.15) is 0 Å². The molecule has 1 aliphatic heterocycles. The van der Waals surface area contributed by atoms with E-state index in [1.54, 1.807) is 54.7 Å². The minimum atomic E-state index is -2.67. The molecule has 202 valence electrons. The number of aromatic nitrogens is 3. The molecule has 0 saturated carbocycles. The summed E-state index contributed by atoms with van der Waals surface area (Å²) < 4.78 is 47.4. The van der Waals surface area contributed by atoms with Gasteiger partial charge in [0.05, 0.1) is 22.3 Å². The van der Waals surface area contributed by atoms with E-state index in [0.29, 0.717) is 22.8 Å². The Hall–Kier alpha value is -3.48. The summed E-state index contributed by atoms with van der Waals surface area (Å²) in [6, 6.07) is 15.9. The van der Waals surface area contributed by atoms with Crippen LogP contribution in [0.2, 0.25) is 5.02 Å². The highest BCUT2D eigenvalue weighted by atomic mass is 35.5. The molecule has 1 aliphatic rings. The van der Waals surface area contributed by atoms with Crippen LogP contribution in [0.25, 0.3) is 11.3 Å². The lowest BCUT2D eigenvalue weighted by Gasteiger charge is -2.24. The summed E-state index contributed by atoms with van der Waals surface area (Å²) in [6.45, 7) is 1.81. The minimum absolute atomic E-state index is 0.00208. The van der Waals surface area contributed by atoms with Crippen LogP contribution in [0.15, 0.2) is 73.1 Å². The largest absolute Gasteiger partial charge is 0.760 e. The van der Waals surface area contributed by atoms with E-state index >= 15 is 4.39 Å². The fourth-order valence-corrected chi connectivity index (χ4v) is 5.06. The van der Waals surface area contributed by atoms with Crippen LogP contribution in [-0.4, -0.2) is 42.8 Å². The predicted octanol–water partition coefficient (Wildman–Crippen LogP) is 4.76. The summed E-state index contributed by atoms with van der Waals surface area (Å²) in [5.74, 6) is -0.560. The third-order valence-electron chi connectivity index (χ3n) is 6.27. The second-order valence-corrected chi connectivity index (χ2v) is 10.00. The van der Waals surface area contributed by atoms with Gasteiger partial charge in [0.1, 0.15) is 0 Å². The van der Waals surface area contributed by atoms with E-state index < -0.39 is 23.1 Å². The van der Waals surface area contributed by atoms with Gasteiger partial charge in [0.15, 0.2) is 11.6 Å². The first-order valence-electron chi connectivity index (χ1n) is 12.3. The number of benzene rings is 2. The second kappa shape index (κ2) is 12.6. The van der Waals surface area contributed by atoms with Crippen LogP contribution in [0.4, 0.5) is 10.3 Å². The van der Waals surface area contributed by atoms with Gasteiger partial charge in [-0.15, -0.1) is 0 Å². The Balaban J connectivity index is 1.48. The van der Waals surface area contributed by atoms with Crippen LogP contribution in [0.3, 0.4) is 0 Å². The van der Waals surface area contributed by atoms with Gasteiger partial charge in [0, 0.05) is 41.8 Å². The molecule has 0 amide bonds. The third kappa shape index (κ3) is 6.57. The minimum Gasteiger partial charge on any atom is -0.760 e. The van der Waals surface area contributed by atoms with E-state index in [-0.39, 0.29) is 28.3 Å². The molecule has 2 aromatic carbocycles. The Labute approximate surface area is 232 Å². The van der Waals surface area contributed by atoms with Crippen molar-refractivity contribution in [2.45, 2.75) is 24.9 Å². The predicted molar refractivity (Wildman–Crippen MR) is 147 cm³/mol. The Morgan fingerprint density at radius 3 is 2.72 bits per heavy atom. The molecule has 4 aromatic rings. The Morgan fingerprint density at radius 2 is 1.95 bits per heavy atom. The smallest absolute Gasteiger partial charge is 0.228 e. The highest BCUT2D eigenvalue weighted by Crippen LogP contribution is 2.39. The summed E-state index contributed by atoms with van der Waals surface area (Å²) in [5, 5.41) is 6.69. The molecule has 3 N–H and O–H groups in total. The lowest BCUT2D eigenvalue weighted by atomic mass is 9.99. The van der Waals surface area contributed by atoms with Gasteiger partial charge in [-0.05, 0) is 49.2 Å². The van der Waals surface area contributed by atoms with Crippen molar-refractivity contribution >= 4 is 28.8 Å². The fourth-order valence-electron chi connectivity index (χ4n) is 4.42. The summed E-state index contributed by atoms with van der Waals surface area (Å²) in [5.41, 5.74) is 1.61. The molecule has 0 radical (unpaired) electrons. The molecular weight excluding hydrogens is 543 g/mol. The lowest BCUT2D eigenvalue weighted by Crippen LogP contribution is -2.38. The van der Waals surface area contributed by atoms with Crippen LogP contribution in [0.1, 0.15) is 30.0 Å². The first-order valence-corrected chi connectivity index (χ1v) is 13.8. The molecule has 3 atom stereocenters. The van der Waals surface area contributed by atoms with Crippen LogP contribution >= 0.6 is 11.6 Å². The molecule has 0 spiro atoms. The van der Waals surface area contributed by atoms with Crippen LogP contribution in [-0.2, 0) is 11.3 Å². The van der Waals surface area contributed by atoms with Crippen LogP contribution < -0.4 is 20.1 Å². The topological polar surface area (TPSA) is 124 Å². The molecular formula is C27H25ClFN6O3S-. The molecule has 5 rings (SSSR count). The van der Waals surface area contributed by atoms with Crippen molar-refractivity contribution in [1.82, 2.24) is 25.0 Å². The maximum Gasteiger partial charge on any atom is 0.228 e. The van der Waals surface area contributed by atoms with Crippen LogP contribution in [0.5, 0.6) is 11.6 Å². The van der Waals surface area contributed by atoms with E-state index in [1.165, 1.54) is 18.3 Å². The molecule has 0 aliphatic carbocycles. The standard InChI is InChI=1S/C27H26ClFN6O3S/c28-21-11-10-20(24(35-39(36)37)17-6-2-1-3-7-17)23(29)25(21)38-26-19(9-5-14-31-26)22-12-15-32-27(34-22)33-18-8-4-13-30-16-18/h1-3,5-7,9-12,14-15,18,24,30,35H,4,8,13,16H2,(H,36,37)(H,32,33,34)/p-1/t18-,24-/m0/s1. The average molecular weight is 568 g/mol. The number of hydrogen-bond acceptors (Lipinski definition) is 8. The number of piperidine rings is 1. The molecule has 1 saturated heterocycles. The number of ether oxygens (including phenoxy) is 1. The number of rotatable bonds is 9. The van der Waals surface area contributed by atoms with Gasteiger partial charge in [0.25, 0.3) is 0 Å². The van der Waals surface area contributed by atoms with Gasteiger partial charge in [-0.3, -0.25) is 4.21 Å². The fraction of sp³-hybridized carbons (Fsp3) is 0.222.